The lowest BCUT2D eigenvalue weighted by Gasteiger charge is -2.36. The van der Waals surface area contributed by atoms with Crippen LogP contribution in [0.25, 0.3) is 66.1 Å². The van der Waals surface area contributed by atoms with E-state index in [1.54, 1.807) is 42.7 Å². The first-order valence-corrected chi connectivity index (χ1v) is 34.4. The lowest BCUT2D eigenvalue weighted by molar-refractivity contribution is 0.276. The molecule has 6 aromatic heterocycles. The van der Waals surface area contributed by atoms with E-state index in [4.69, 9.17) is 37.8 Å². The summed E-state index contributed by atoms with van der Waals surface area (Å²) in [6, 6.07) is 49.6. The van der Waals surface area contributed by atoms with Crippen molar-refractivity contribution in [2.75, 3.05) is 61.2 Å². The number of hydrogen-bond donors (Lipinski definition) is 2. The minimum Gasteiger partial charge on any atom is -0.497 e. The normalized spacial score (nSPS) is 12.1. The summed E-state index contributed by atoms with van der Waals surface area (Å²) >= 11 is 0. The zero-order chi connectivity index (χ0) is 66.7. The number of nitrogens with zero attached hydrogens (tertiary/aromatic N) is 6. The van der Waals surface area contributed by atoms with Crippen LogP contribution in [0.1, 0.15) is 67.7 Å². The van der Waals surface area contributed by atoms with Gasteiger partial charge >= 0.3 is 0 Å². The van der Waals surface area contributed by atoms with Crippen LogP contribution in [0.2, 0.25) is 18.1 Å². The molecule has 0 radical (unpaired) electrons. The number of rotatable bonds is 21. The molecule has 2 unspecified atom stereocenters. The van der Waals surface area contributed by atoms with Gasteiger partial charge in [-0.25, -0.2) is 0 Å². The molecule has 0 aliphatic carbocycles. The van der Waals surface area contributed by atoms with Crippen molar-refractivity contribution in [3.63, 3.8) is 0 Å². The van der Waals surface area contributed by atoms with Crippen molar-refractivity contribution in [2.24, 2.45) is 21.1 Å². The summed E-state index contributed by atoms with van der Waals surface area (Å²) in [5, 5.41) is 16.6. The molecule has 0 spiro atoms. The maximum atomic E-state index is 9.74. The molecule has 6 heterocycles. The van der Waals surface area contributed by atoms with Crippen LogP contribution in [0, 0.1) is 0 Å². The highest BCUT2D eigenvalue weighted by atomic mass is 28.4. The average Bonchev–Trinajstić information content (AvgIpc) is 1.08. The first-order valence-electron chi connectivity index (χ1n) is 31.5. The fourth-order valence-corrected chi connectivity index (χ4v) is 12.4. The second-order valence-electron chi connectivity index (χ2n) is 25.2. The van der Waals surface area contributed by atoms with E-state index < -0.39 is 8.32 Å². The lowest BCUT2D eigenvalue weighted by atomic mass is 9.87. The van der Waals surface area contributed by atoms with Crippen LogP contribution in [0.4, 0.5) is 11.4 Å². The molecule has 486 valence electrons. The van der Waals surface area contributed by atoms with Gasteiger partial charge in [-0.2, -0.15) is 0 Å². The van der Waals surface area contributed by atoms with Crippen molar-refractivity contribution in [3.05, 3.63) is 224 Å². The number of aryl methyl sites for hydroxylation is 3. The van der Waals surface area contributed by atoms with Crippen molar-refractivity contribution in [2.45, 2.75) is 63.6 Å². The molecule has 15 nitrogen and oxygen atoms in total. The van der Waals surface area contributed by atoms with E-state index in [-0.39, 0.29) is 23.5 Å². The molecule has 0 saturated carbocycles. The zero-order valence-corrected chi connectivity index (χ0v) is 57.5. The minimum absolute atomic E-state index is 0.0174. The third-order valence-electron chi connectivity index (χ3n) is 17.7. The Morgan fingerprint density at radius 2 is 0.777 bits per heavy atom. The number of aliphatic hydroxyl groups excluding tert-OH is 1. The van der Waals surface area contributed by atoms with E-state index in [0.29, 0.717) is 13.0 Å². The number of pyridine rings is 3. The Bertz CT molecular complexity index is 4480. The quantitative estimate of drug-likeness (QED) is 0.0659. The van der Waals surface area contributed by atoms with E-state index in [2.05, 4.69) is 163 Å². The van der Waals surface area contributed by atoms with E-state index in [9.17, 15) is 5.11 Å². The Labute approximate surface area is 553 Å². The van der Waals surface area contributed by atoms with Crippen molar-refractivity contribution < 1.29 is 38.0 Å². The van der Waals surface area contributed by atoms with Crippen LogP contribution in [-0.2, 0) is 25.6 Å². The first kappa shape index (κ1) is 67.0. The highest BCUT2D eigenvalue weighted by Crippen LogP contribution is 2.41. The highest BCUT2D eigenvalue weighted by Gasteiger charge is 2.37. The number of aromatic nitrogens is 6. The lowest BCUT2D eigenvalue weighted by Crippen LogP contribution is -2.41. The van der Waals surface area contributed by atoms with Crippen LogP contribution in [0.5, 0.6) is 34.5 Å². The van der Waals surface area contributed by atoms with E-state index in [1.807, 2.05) is 122 Å². The molecule has 12 rings (SSSR count). The molecule has 0 bridgehead atoms. The number of ether oxygens (including phenoxy) is 6. The van der Waals surface area contributed by atoms with Crippen molar-refractivity contribution in [1.82, 2.24) is 28.7 Å². The summed E-state index contributed by atoms with van der Waals surface area (Å²) in [4.78, 5) is 14.0. The molecule has 2 N–H and O–H groups in total. The van der Waals surface area contributed by atoms with Gasteiger partial charge in [0, 0.05) is 193 Å². The molecule has 0 fully saturated rings. The summed E-state index contributed by atoms with van der Waals surface area (Å²) in [6.45, 7) is 12.2. The van der Waals surface area contributed by atoms with Crippen LogP contribution in [0.15, 0.2) is 201 Å². The smallest absolute Gasteiger partial charge is 0.191 e. The second kappa shape index (κ2) is 29.8. The topological polar surface area (TPSA) is 150 Å². The van der Waals surface area contributed by atoms with Crippen LogP contribution in [0.3, 0.4) is 0 Å². The molecule has 0 aliphatic rings. The minimum atomic E-state index is -1.86. The molecule has 0 saturated heterocycles. The summed E-state index contributed by atoms with van der Waals surface area (Å²) < 4.78 is 45.5. The maximum absolute atomic E-state index is 9.74. The van der Waals surface area contributed by atoms with E-state index >= 15 is 0 Å². The van der Waals surface area contributed by atoms with Crippen LogP contribution >= 0.6 is 0 Å². The number of nitrogens with one attached hydrogen (secondary N) is 1. The second-order valence-corrected chi connectivity index (χ2v) is 30.0. The SMILES string of the molecule is COc1cc(Nc2ccc3ncc(-c4ccn(C)c4)cc3c2)cc(OC)c1.COc1cc(OC)cc(C(CCO)c2ccc3ncc(-c4ccn(C)c4)cc3c2)c1.COc1cc(OC)cc(C(CCO[Si](C)(C)C(C)(C)C)c2ccc3ncc(-c4ccn(C)c4)cc3c2)c1. The molecular formula is C78H87N7O8Si. The molecule has 0 amide bonds. The number of hydrogen-bond acceptors (Lipinski definition) is 12. The Morgan fingerprint density at radius 1 is 0.415 bits per heavy atom. The van der Waals surface area contributed by atoms with Gasteiger partial charge < -0.3 is 57.0 Å². The fraction of sp³-hybridized carbons (Fsp3) is 0.269. The predicted molar refractivity (Wildman–Crippen MR) is 384 cm³/mol. The van der Waals surface area contributed by atoms with Gasteiger partial charge in [-0.3, -0.25) is 15.0 Å². The molecule has 12 aromatic rings. The van der Waals surface area contributed by atoms with Gasteiger partial charge in [0.05, 0.1) is 59.2 Å². The number of benzene rings is 6. The average molecular weight is 1280 g/mol. The standard InChI is InChI=1S/C31H40N2O3Si.C25H26N2O3.C22H21N3O2/c1-31(2,3)37(7,8)36-14-12-29(24-17-27(34-5)19-28(18-24)35-6)22-9-10-30-25(15-22)16-26(20-32-30)23-11-13-33(4)21-23;1-27-8-6-18(16-27)21-11-20-10-17(4-5-25(20)26-15-21)24(7-9-28)19-12-22(29-2)14-23(13-19)30-3;1-25-7-6-15(14-25)17-8-16-9-18(4-5-22(16)23-13-17)24-19-10-20(26-2)12-21(11-19)27-3/h9-11,13,15-21,29H,12,14H2,1-8H3;4-6,8,10-16,24,28H,7,9H2,1-3H3;4-14,24H,1-3H3. The fourth-order valence-electron chi connectivity index (χ4n) is 11.4. The Kier molecular flexibility index (Phi) is 21.3. The molecule has 6 aromatic carbocycles. The van der Waals surface area contributed by atoms with Crippen molar-refractivity contribution in [1.29, 1.82) is 0 Å². The van der Waals surface area contributed by atoms with Gasteiger partial charge in [-0.1, -0.05) is 32.9 Å². The van der Waals surface area contributed by atoms with Crippen LogP contribution < -0.4 is 33.7 Å². The van der Waals surface area contributed by atoms with Gasteiger partial charge in [0.1, 0.15) is 34.5 Å². The molecule has 16 heteroatoms. The van der Waals surface area contributed by atoms with Crippen molar-refractivity contribution in [3.8, 4) is 67.9 Å². The maximum Gasteiger partial charge on any atom is 0.191 e. The van der Waals surface area contributed by atoms with Gasteiger partial charge in [0.15, 0.2) is 8.32 Å². The van der Waals surface area contributed by atoms with Gasteiger partial charge in [0.2, 0.25) is 0 Å². The largest absolute Gasteiger partial charge is 0.497 e. The zero-order valence-electron chi connectivity index (χ0n) is 56.5. The first-order chi connectivity index (χ1) is 45.2. The molecular weight excluding hydrogens is 1190 g/mol. The van der Waals surface area contributed by atoms with E-state index in [0.717, 1.165) is 130 Å². The number of methoxy groups -OCH3 is 6. The van der Waals surface area contributed by atoms with Gasteiger partial charge in [-0.05, 0) is 156 Å². The molecule has 0 aliphatic heterocycles. The third kappa shape index (κ3) is 16.3. The van der Waals surface area contributed by atoms with E-state index in [1.165, 1.54) is 11.1 Å². The summed E-state index contributed by atoms with van der Waals surface area (Å²) in [5.74, 6) is 4.68. The van der Waals surface area contributed by atoms with Crippen LogP contribution in [-0.4, -0.2) is 97.9 Å². The summed E-state index contributed by atoms with van der Waals surface area (Å²) in [6.07, 6.45) is 19.7. The molecule has 94 heavy (non-hydrogen) atoms. The number of fused-ring (bicyclic) bond motifs is 3. The Morgan fingerprint density at radius 3 is 1.13 bits per heavy atom. The van der Waals surface area contributed by atoms with Gasteiger partial charge in [0.25, 0.3) is 0 Å². The Balaban J connectivity index is 0.000000156. The van der Waals surface area contributed by atoms with Gasteiger partial charge in [-0.15, -0.1) is 0 Å². The summed E-state index contributed by atoms with van der Waals surface area (Å²) in [7, 11) is 14.2. The summed E-state index contributed by atoms with van der Waals surface area (Å²) in [5.41, 5.74) is 16.1. The predicted octanol–water partition coefficient (Wildman–Crippen LogP) is 17.6. The molecule has 2 atom stereocenters. The number of aliphatic hydroxyl groups is 1. The third-order valence-corrected chi connectivity index (χ3v) is 22.2. The number of anilines is 2. The van der Waals surface area contributed by atoms with Crippen molar-refractivity contribution >= 4 is 52.4 Å². The highest BCUT2D eigenvalue weighted by molar-refractivity contribution is 6.74. The Hall–Kier alpha value is -9.87. The monoisotopic (exact) mass is 1280 g/mol.